The van der Waals surface area contributed by atoms with Crippen LogP contribution in [-0.4, -0.2) is 61.5 Å². The van der Waals surface area contributed by atoms with Gasteiger partial charge in [-0.3, -0.25) is 4.79 Å². The summed E-state index contributed by atoms with van der Waals surface area (Å²) in [6.45, 7) is 5.33. The maximum Gasteiger partial charge on any atom is 0.239 e. The van der Waals surface area contributed by atoms with Crippen LogP contribution in [0.25, 0.3) is 0 Å². The van der Waals surface area contributed by atoms with E-state index in [0.717, 1.165) is 26.1 Å². The molecule has 0 aromatic rings. The van der Waals surface area contributed by atoms with Crippen LogP contribution in [0.4, 0.5) is 0 Å². The minimum absolute atomic E-state index is 0.0762. The Kier molecular flexibility index (Phi) is 4.80. The first kappa shape index (κ1) is 12.8. The van der Waals surface area contributed by atoms with Crippen LogP contribution in [0, 0.1) is 0 Å². The SMILES string of the molecule is CN(CCN1CCCC1)C(=O)[C@@H]1CCCCN1. The van der Waals surface area contributed by atoms with E-state index >= 15 is 0 Å². The highest BCUT2D eigenvalue weighted by Gasteiger charge is 2.23. The quantitative estimate of drug-likeness (QED) is 0.784. The van der Waals surface area contributed by atoms with Crippen LogP contribution in [0.15, 0.2) is 0 Å². The molecule has 2 rings (SSSR count). The fourth-order valence-electron chi connectivity index (χ4n) is 2.74. The number of amides is 1. The third kappa shape index (κ3) is 3.68. The van der Waals surface area contributed by atoms with E-state index in [1.807, 2.05) is 11.9 Å². The number of likely N-dealkylation sites (tertiary alicyclic amines) is 1. The number of rotatable bonds is 4. The van der Waals surface area contributed by atoms with Crippen LogP contribution in [0.3, 0.4) is 0 Å². The second kappa shape index (κ2) is 6.36. The van der Waals surface area contributed by atoms with Gasteiger partial charge < -0.3 is 15.1 Å². The molecule has 4 nitrogen and oxygen atoms in total. The molecule has 0 aromatic heterocycles. The molecule has 98 valence electrons. The van der Waals surface area contributed by atoms with Gasteiger partial charge in [-0.25, -0.2) is 0 Å². The Morgan fingerprint density at radius 2 is 2.06 bits per heavy atom. The molecule has 0 saturated carbocycles. The molecule has 1 N–H and O–H groups in total. The first-order chi connectivity index (χ1) is 8.27. The zero-order chi connectivity index (χ0) is 12.1. The van der Waals surface area contributed by atoms with Gasteiger partial charge in [0.05, 0.1) is 6.04 Å². The van der Waals surface area contributed by atoms with E-state index in [-0.39, 0.29) is 11.9 Å². The van der Waals surface area contributed by atoms with Crippen LogP contribution in [0.1, 0.15) is 32.1 Å². The van der Waals surface area contributed by atoms with E-state index in [0.29, 0.717) is 0 Å². The molecule has 17 heavy (non-hydrogen) atoms. The predicted molar refractivity (Wildman–Crippen MR) is 69.0 cm³/mol. The highest BCUT2D eigenvalue weighted by molar-refractivity contribution is 5.81. The molecule has 2 aliphatic rings. The van der Waals surface area contributed by atoms with Crippen molar-refractivity contribution in [3.63, 3.8) is 0 Å². The van der Waals surface area contributed by atoms with Crippen molar-refractivity contribution in [1.29, 1.82) is 0 Å². The van der Waals surface area contributed by atoms with Crippen LogP contribution in [0.2, 0.25) is 0 Å². The first-order valence-corrected chi connectivity index (χ1v) is 6.98. The Morgan fingerprint density at radius 3 is 2.71 bits per heavy atom. The van der Waals surface area contributed by atoms with Gasteiger partial charge in [0.1, 0.15) is 0 Å². The third-order valence-electron chi connectivity index (χ3n) is 3.93. The largest absolute Gasteiger partial charge is 0.343 e. The average molecular weight is 239 g/mol. The Bertz CT molecular complexity index is 245. The molecular weight excluding hydrogens is 214 g/mol. The fraction of sp³-hybridized carbons (Fsp3) is 0.923. The third-order valence-corrected chi connectivity index (χ3v) is 3.93. The molecule has 2 heterocycles. The summed E-state index contributed by atoms with van der Waals surface area (Å²) in [7, 11) is 1.94. The molecule has 2 aliphatic heterocycles. The first-order valence-electron chi connectivity index (χ1n) is 6.98. The Labute approximate surface area is 104 Å². The van der Waals surface area contributed by atoms with Gasteiger partial charge in [-0.2, -0.15) is 0 Å². The summed E-state index contributed by atoms with van der Waals surface area (Å²) in [5.74, 6) is 0.281. The molecular formula is C13H25N3O. The summed E-state index contributed by atoms with van der Waals surface area (Å²) >= 11 is 0. The highest BCUT2D eigenvalue weighted by Crippen LogP contribution is 2.10. The van der Waals surface area contributed by atoms with Gasteiger partial charge in [0, 0.05) is 20.1 Å². The van der Waals surface area contributed by atoms with Crippen LogP contribution >= 0.6 is 0 Å². The summed E-state index contributed by atoms with van der Waals surface area (Å²) < 4.78 is 0. The number of hydrogen-bond donors (Lipinski definition) is 1. The Balaban J connectivity index is 1.70. The molecule has 0 spiro atoms. The van der Waals surface area contributed by atoms with Crippen molar-refractivity contribution in [3.05, 3.63) is 0 Å². The van der Waals surface area contributed by atoms with Crippen molar-refractivity contribution in [2.75, 3.05) is 39.8 Å². The summed E-state index contributed by atoms with van der Waals surface area (Å²) in [5.41, 5.74) is 0. The molecule has 2 fully saturated rings. The lowest BCUT2D eigenvalue weighted by atomic mass is 10.0. The number of nitrogens with zero attached hydrogens (tertiary/aromatic N) is 2. The molecule has 4 heteroatoms. The summed E-state index contributed by atoms with van der Waals surface area (Å²) in [6, 6.07) is 0.0762. The molecule has 0 aromatic carbocycles. The van der Waals surface area contributed by atoms with Crippen molar-refractivity contribution < 1.29 is 4.79 Å². The number of hydrogen-bond acceptors (Lipinski definition) is 3. The minimum Gasteiger partial charge on any atom is -0.343 e. The van der Waals surface area contributed by atoms with Crippen molar-refractivity contribution in [1.82, 2.24) is 15.1 Å². The molecule has 0 bridgehead atoms. The summed E-state index contributed by atoms with van der Waals surface area (Å²) in [6.07, 6.45) is 6.04. The van der Waals surface area contributed by atoms with E-state index in [2.05, 4.69) is 10.2 Å². The van der Waals surface area contributed by atoms with E-state index in [9.17, 15) is 4.79 Å². The normalized spacial score (nSPS) is 26.1. The van der Waals surface area contributed by atoms with Gasteiger partial charge in [-0.15, -0.1) is 0 Å². The minimum atomic E-state index is 0.0762. The second-order valence-electron chi connectivity index (χ2n) is 5.31. The summed E-state index contributed by atoms with van der Waals surface area (Å²) in [4.78, 5) is 16.5. The maximum absolute atomic E-state index is 12.1. The van der Waals surface area contributed by atoms with E-state index < -0.39 is 0 Å². The number of piperidine rings is 1. The van der Waals surface area contributed by atoms with Crippen LogP contribution in [0.5, 0.6) is 0 Å². The molecule has 0 radical (unpaired) electrons. The number of nitrogens with one attached hydrogen (secondary N) is 1. The van der Waals surface area contributed by atoms with E-state index in [1.54, 1.807) is 0 Å². The van der Waals surface area contributed by atoms with Gasteiger partial charge in [0.2, 0.25) is 5.91 Å². The van der Waals surface area contributed by atoms with Gasteiger partial charge in [0.15, 0.2) is 0 Å². The molecule has 1 atom stereocenters. The molecule has 2 saturated heterocycles. The van der Waals surface area contributed by atoms with Crippen LogP contribution < -0.4 is 5.32 Å². The van der Waals surface area contributed by atoms with Gasteiger partial charge in [-0.05, 0) is 45.3 Å². The predicted octanol–water partition coefficient (Wildman–Crippen LogP) is 0.683. The lowest BCUT2D eigenvalue weighted by Gasteiger charge is -2.28. The lowest BCUT2D eigenvalue weighted by Crippen LogP contribution is -2.48. The van der Waals surface area contributed by atoms with E-state index in [4.69, 9.17) is 0 Å². The number of carbonyl (C=O) groups excluding carboxylic acids is 1. The number of likely N-dealkylation sites (N-methyl/N-ethyl adjacent to an activating group) is 1. The average Bonchev–Trinajstić information content (AvgIpc) is 2.89. The fourth-order valence-corrected chi connectivity index (χ4v) is 2.74. The molecule has 0 aliphatic carbocycles. The molecule has 0 unspecified atom stereocenters. The van der Waals surface area contributed by atoms with Crippen molar-refractivity contribution in [2.45, 2.75) is 38.1 Å². The number of carbonyl (C=O) groups is 1. The second-order valence-corrected chi connectivity index (χ2v) is 5.31. The van der Waals surface area contributed by atoms with Crippen molar-refractivity contribution in [2.24, 2.45) is 0 Å². The van der Waals surface area contributed by atoms with Crippen LogP contribution in [-0.2, 0) is 4.79 Å². The monoisotopic (exact) mass is 239 g/mol. The van der Waals surface area contributed by atoms with Crippen molar-refractivity contribution in [3.8, 4) is 0 Å². The van der Waals surface area contributed by atoms with Crippen molar-refractivity contribution >= 4 is 5.91 Å². The summed E-state index contributed by atoms with van der Waals surface area (Å²) in [5, 5.41) is 3.32. The van der Waals surface area contributed by atoms with Gasteiger partial charge >= 0.3 is 0 Å². The Morgan fingerprint density at radius 1 is 1.29 bits per heavy atom. The highest BCUT2D eigenvalue weighted by atomic mass is 16.2. The molecule has 1 amide bonds. The maximum atomic E-state index is 12.1. The topological polar surface area (TPSA) is 35.6 Å². The zero-order valence-electron chi connectivity index (χ0n) is 11.0. The zero-order valence-corrected chi connectivity index (χ0v) is 11.0. The van der Waals surface area contributed by atoms with Gasteiger partial charge in [0.25, 0.3) is 0 Å². The van der Waals surface area contributed by atoms with Gasteiger partial charge in [-0.1, -0.05) is 6.42 Å². The smallest absolute Gasteiger partial charge is 0.239 e. The lowest BCUT2D eigenvalue weighted by molar-refractivity contribution is -0.132. The van der Waals surface area contributed by atoms with E-state index in [1.165, 1.54) is 38.8 Å². The standard InChI is InChI=1S/C13H25N3O/c1-15(10-11-16-8-4-5-9-16)13(17)12-6-2-3-7-14-12/h12,14H,2-11H2,1H3/t12-/m0/s1. The Hall–Kier alpha value is -0.610.